The van der Waals surface area contributed by atoms with Crippen molar-refractivity contribution in [1.82, 2.24) is 5.16 Å². The third-order valence-corrected chi connectivity index (χ3v) is 5.50. The van der Waals surface area contributed by atoms with E-state index in [0.29, 0.717) is 12.4 Å². The predicted molar refractivity (Wildman–Crippen MR) is 98.1 cm³/mol. The fourth-order valence-electron chi connectivity index (χ4n) is 3.07. The number of nitrogens with one attached hydrogen (secondary N) is 3. The maximum Gasteiger partial charge on any atom is 0.281 e. The highest BCUT2D eigenvalue weighted by atomic mass is 32.1. The number of hydrogen-bond donors (Lipinski definition) is 3. The van der Waals surface area contributed by atoms with E-state index in [4.69, 9.17) is 4.52 Å². The minimum absolute atomic E-state index is 0.00619. The molecule has 0 aliphatic carbocycles. The van der Waals surface area contributed by atoms with Crippen LogP contribution in [-0.2, 0) is 16.8 Å². The molecule has 136 valence electrons. The molecule has 7 heteroatoms. The van der Waals surface area contributed by atoms with Crippen LogP contribution in [0.2, 0.25) is 0 Å². The lowest BCUT2D eigenvalue weighted by Gasteiger charge is -2.28. The van der Waals surface area contributed by atoms with E-state index < -0.39 is 0 Å². The first-order chi connectivity index (χ1) is 11.9. The maximum absolute atomic E-state index is 12.3. The molecule has 3 heterocycles. The van der Waals surface area contributed by atoms with Crippen molar-refractivity contribution in [3.63, 3.8) is 0 Å². The van der Waals surface area contributed by atoms with Crippen LogP contribution < -0.4 is 15.1 Å². The summed E-state index contributed by atoms with van der Waals surface area (Å²) in [5, 5.41) is 9.00. The summed E-state index contributed by atoms with van der Waals surface area (Å²) in [5.41, 5.74) is 0.764. The van der Waals surface area contributed by atoms with Crippen molar-refractivity contribution in [1.29, 1.82) is 0 Å². The molecule has 0 saturated carbocycles. The zero-order valence-corrected chi connectivity index (χ0v) is 16.0. The van der Waals surface area contributed by atoms with Crippen molar-refractivity contribution in [3.8, 4) is 0 Å². The van der Waals surface area contributed by atoms with Crippen molar-refractivity contribution >= 4 is 23.1 Å². The summed E-state index contributed by atoms with van der Waals surface area (Å²) in [6.07, 6.45) is 0. The molecule has 1 saturated heterocycles. The van der Waals surface area contributed by atoms with E-state index in [2.05, 4.69) is 48.8 Å². The third kappa shape index (κ3) is 5.14. The lowest BCUT2D eigenvalue weighted by atomic mass is 9.92. The highest BCUT2D eigenvalue weighted by Crippen LogP contribution is 2.23. The summed E-state index contributed by atoms with van der Waals surface area (Å²) >= 11 is 1.82. The monoisotopic (exact) mass is 364 g/mol. The van der Waals surface area contributed by atoms with Gasteiger partial charge in [0.1, 0.15) is 32.7 Å². The SMILES string of the molecule is CC(C)(C)c1cc(NC(=O)C[NH+]2CC[NH+](Cc3cccs3)CC2)on1. The molecule has 0 bridgehead atoms. The smallest absolute Gasteiger partial charge is 0.281 e. The standard InChI is InChI=1S/C18H26N4O2S/c1-18(2,3)15-11-17(24-20-15)19-16(23)13-22-8-6-21(7-9-22)12-14-5-4-10-25-14/h4-5,10-11H,6-9,12-13H2,1-3H3,(H,19,23)/p+2. The average Bonchev–Trinajstić information content (AvgIpc) is 3.20. The molecule has 2 aromatic heterocycles. The van der Waals surface area contributed by atoms with Gasteiger partial charge in [-0.15, -0.1) is 11.3 Å². The minimum atomic E-state index is -0.0839. The Morgan fingerprint density at radius 1 is 1.28 bits per heavy atom. The van der Waals surface area contributed by atoms with Gasteiger partial charge in [-0.1, -0.05) is 32.0 Å². The molecular formula is C18H28N4O2S+2. The van der Waals surface area contributed by atoms with Crippen LogP contribution in [-0.4, -0.2) is 43.8 Å². The van der Waals surface area contributed by atoms with Crippen LogP contribution in [0.1, 0.15) is 31.3 Å². The van der Waals surface area contributed by atoms with Gasteiger partial charge in [-0.3, -0.25) is 10.1 Å². The first-order valence-corrected chi connectivity index (χ1v) is 9.75. The number of hydrogen-bond acceptors (Lipinski definition) is 4. The maximum atomic E-state index is 12.3. The van der Waals surface area contributed by atoms with Gasteiger partial charge < -0.3 is 14.3 Å². The molecule has 0 spiro atoms. The van der Waals surface area contributed by atoms with E-state index in [1.165, 1.54) is 9.78 Å². The third-order valence-electron chi connectivity index (χ3n) is 4.62. The molecule has 1 amide bonds. The Kier molecular flexibility index (Phi) is 5.56. The molecule has 2 aromatic rings. The number of nitrogens with zero attached hydrogens (tertiary/aromatic N) is 1. The number of aromatic nitrogens is 1. The fraction of sp³-hybridized carbons (Fsp3) is 0.556. The molecule has 1 fully saturated rings. The van der Waals surface area contributed by atoms with Crippen molar-refractivity contribution in [2.45, 2.75) is 32.7 Å². The van der Waals surface area contributed by atoms with Crippen molar-refractivity contribution in [2.75, 3.05) is 38.0 Å². The summed E-state index contributed by atoms with van der Waals surface area (Å²) < 4.78 is 5.23. The first-order valence-electron chi connectivity index (χ1n) is 8.87. The molecular weight excluding hydrogens is 336 g/mol. The van der Waals surface area contributed by atoms with Gasteiger partial charge in [-0.05, 0) is 11.4 Å². The first kappa shape index (κ1) is 18.1. The number of piperazine rings is 1. The lowest BCUT2D eigenvalue weighted by Crippen LogP contribution is -3.28. The van der Waals surface area contributed by atoms with E-state index in [-0.39, 0.29) is 11.3 Å². The number of carbonyl (C=O) groups is 1. The largest absolute Gasteiger partial charge is 0.338 e. The normalized spacial score (nSPS) is 21.2. The van der Waals surface area contributed by atoms with E-state index in [0.717, 1.165) is 38.4 Å². The molecule has 1 aliphatic rings. The summed E-state index contributed by atoms with van der Waals surface area (Å²) in [4.78, 5) is 16.6. The molecule has 1 aliphatic heterocycles. The Morgan fingerprint density at radius 3 is 2.60 bits per heavy atom. The summed E-state index contributed by atoms with van der Waals surface area (Å²) in [6.45, 7) is 12.1. The van der Waals surface area contributed by atoms with Crippen LogP contribution >= 0.6 is 11.3 Å². The van der Waals surface area contributed by atoms with Crippen molar-refractivity contribution in [2.24, 2.45) is 0 Å². The van der Waals surface area contributed by atoms with E-state index in [9.17, 15) is 4.79 Å². The number of rotatable bonds is 5. The van der Waals surface area contributed by atoms with Gasteiger partial charge in [-0.25, -0.2) is 0 Å². The van der Waals surface area contributed by atoms with Gasteiger partial charge in [0.2, 0.25) is 5.88 Å². The van der Waals surface area contributed by atoms with E-state index in [1.54, 1.807) is 4.90 Å². The second-order valence-corrected chi connectivity index (χ2v) is 8.84. The quantitative estimate of drug-likeness (QED) is 0.697. The molecule has 0 atom stereocenters. The van der Waals surface area contributed by atoms with Crippen molar-refractivity contribution in [3.05, 3.63) is 34.2 Å². The second-order valence-electron chi connectivity index (χ2n) is 7.81. The summed E-state index contributed by atoms with van der Waals surface area (Å²) in [6, 6.07) is 6.13. The molecule has 0 unspecified atom stereocenters. The van der Waals surface area contributed by atoms with Crippen LogP contribution in [0.15, 0.2) is 28.1 Å². The topological polar surface area (TPSA) is 64.0 Å². The van der Waals surface area contributed by atoms with Gasteiger partial charge in [-0.2, -0.15) is 0 Å². The highest BCUT2D eigenvalue weighted by Gasteiger charge is 2.26. The molecule has 3 N–H and O–H groups in total. The summed E-state index contributed by atoms with van der Waals surface area (Å²) in [5.74, 6) is 0.435. The van der Waals surface area contributed by atoms with E-state index >= 15 is 0 Å². The minimum Gasteiger partial charge on any atom is -0.338 e. The lowest BCUT2D eigenvalue weighted by molar-refractivity contribution is -1.01. The van der Waals surface area contributed by atoms with Gasteiger partial charge in [0.25, 0.3) is 5.91 Å². The molecule has 0 radical (unpaired) electrons. The molecule has 0 aromatic carbocycles. The number of anilines is 1. The number of quaternary nitrogens is 2. The van der Waals surface area contributed by atoms with Gasteiger partial charge in [0, 0.05) is 11.5 Å². The zero-order valence-electron chi connectivity index (χ0n) is 15.2. The van der Waals surface area contributed by atoms with Crippen LogP contribution in [0.3, 0.4) is 0 Å². The molecule has 6 nitrogen and oxygen atoms in total. The Hall–Kier alpha value is -1.70. The average molecular weight is 365 g/mol. The van der Waals surface area contributed by atoms with Crippen LogP contribution in [0.5, 0.6) is 0 Å². The number of thiophene rings is 1. The van der Waals surface area contributed by atoms with Crippen LogP contribution in [0.4, 0.5) is 5.88 Å². The Bertz CT molecular complexity index is 682. The second kappa shape index (κ2) is 7.68. The molecule has 3 rings (SSSR count). The zero-order chi connectivity index (χ0) is 17.9. The Labute approximate surface area is 152 Å². The number of carbonyl (C=O) groups excluding carboxylic acids is 1. The Morgan fingerprint density at radius 2 is 2.00 bits per heavy atom. The van der Waals surface area contributed by atoms with E-state index in [1.807, 2.05) is 17.4 Å². The number of amides is 1. The Balaban J connectivity index is 1.42. The predicted octanol–water partition coefficient (Wildman–Crippen LogP) is -0.0443. The van der Waals surface area contributed by atoms with Gasteiger partial charge in [0.15, 0.2) is 6.54 Å². The van der Waals surface area contributed by atoms with Crippen molar-refractivity contribution < 1.29 is 19.1 Å². The fourth-order valence-corrected chi connectivity index (χ4v) is 3.84. The highest BCUT2D eigenvalue weighted by molar-refractivity contribution is 7.09. The van der Waals surface area contributed by atoms with Crippen LogP contribution in [0, 0.1) is 0 Å². The summed E-state index contributed by atoms with van der Waals surface area (Å²) in [7, 11) is 0. The van der Waals surface area contributed by atoms with Gasteiger partial charge >= 0.3 is 0 Å². The van der Waals surface area contributed by atoms with Crippen LogP contribution in [0.25, 0.3) is 0 Å². The van der Waals surface area contributed by atoms with Gasteiger partial charge in [0.05, 0.1) is 10.6 Å². The molecule has 25 heavy (non-hydrogen) atoms.